The van der Waals surface area contributed by atoms with E-state index < -0.39 is 17.3 Å². The van der Waals surface area contributed by atoms with Crippen molar-refractivity contribution in [2.24, 2.45) is 0 Å². The molecule has 0 atom stereocenters. The molecule has 0 aliphatic carbocycles. The molecule has 2 aromatic rings. The fourth-order valence-electron chi connectivity index (χ4n) is 1.63. The second-order valence-electron chi connectivity index (χ2n) is 3.91. The number of allylic oxidation sites excluding steroid dienone is 1. The Morgan fingerprint density at radius 3 is 2.05 bits per heavy atom. The first-order valence-electron chi connectivity index (χ1n) is 5.61. The molecule has 0 aromatic heterocycles. The third-order valence-electron chi connectivity index (χ3n) is 2.64. The van der Waals surface area contributed by atoms with Gasteiger partial charge in [-0.25, -0.2) is 0 Å². The van der Waals surface area contributed by atoms with Gasteiger partial charge in [0, 0.05) is 5.56 Å². The molecule has 19 heavy (non-hydrogen) atoms. The highest BCUT2D eigenvalue weighted by Gasteiger charge is 2.19. The summed E-state index contributed by atoms with van der Waals surface area (Å²) in [6.45, 7) is 0. The zero-order valence-electron chi connectivity index (χ0n) is 9.95. The molecule has 0 saturated heterocycles. The zero-order chi connectivity index (χ0) is 13.8. The fourth-order valence-corrected chi connectivity index (χ4v) is 1.63. The summed E-state index contributed by atoms with van der Waals surface area (Å²) in [6, 6.07) is 14.0. The van der Waals surface area contributed by atoms with E-state index in [-0.39, 0.29) is 11.3 Å². The van der Waals surface area contributed by atoms with Gasteiger partial charge in [0.2, 0.25) is 11.5 Å². The van der Waals surface area contributed by atoms with E-state index in [0.29, 0.717) is 5.56 Å². The Hall–Kier alpha value is -2.75. The molecule has 4 nitrogen and oxygen atoms in total. The highest BCUT2D eigenvalue weighted by atomic mass is 16.3. The number of carbonyl (C=O) groups is 1. The number of Topliss-reactive ketones (excluding diaryl/α,β-unsaturated/α-hetero) is 1. The van der Waals surface area contributed by atoms with Gasteiger partial charge in [0.1, 0.15) is 5.75 Å². The number of carbonyl (C=O) groups excluding carboxylic acids is 1. The average Bonchev–Trinajstić information content (AvgIpc) is 2.46. The van der Waals surface area contributed by atoms with Gasteiger partial charge in [-0.1, -0.05) is 42.5 Å². The number of para-hydroxylation sites is 1. The lowest BCUT2D eigenvalue weighted by Crippen LogP contribution is -2.06. The maximum atomic E-state index is 12.0. The van der Waals surface area contributed by atoms with Crippen LogP contribution >= 0.6 is 0 Å². The van der Waals surface area contributed by atoms with Crippen molar-refractivity contribution in [1.29, 1.82) is 0 Å². The maximum Gasteiger partial charge on any atom is 0.234 e. The maximum absolute atomic E-state index is 12.0. The minimum atomic E-state index is -0.834. The lowest BCUT2D eigenvalue weighted by Gasteiger charge is -2.06. The Labute approximate surface area is 109 Å². The van der Waals surface area contributed by atoms with Crippen LogP contribution in [-0.2, 0) is 0 Å². The second-order valence-corrected chi connectivity index (χ2v) is 3.91. The molecule has 96 valence electrons. The fraction of sp³-hybridized carbons (Fsp3) is 0. The highest BCUT2D eigenvalue weighted by molar-refractivity contribution is 6.12. The summed E-state index contributed by atoms with van der Waals surface area (Å²) in [4.78, 5) is 12.0. The molecular weight excluding hydrogens is 244 g/mol. The Bertz CT molecular complexity index is 630. The lowest BCUT2D eigenvalue weighted by molar-refractivity contribution is 0.0972. The van der Waals surface area contributed by atoms with Crippen molar-refractivity contribution >= 4 is 11.5 Å². The van der Waals surface area contributed by atoms with E-state index in [9.17, 15) is 20.1 Å². The number of aromatic hydroxyl groups is 1. The molecule has 0 amide bonds. The molecule has 3 N–H and O–H groups in total. The molecule has 2 aromatic carbocycles. The minimum absolute atomic E-state index is 0.0671. The number of aliphatic hydroxyl groups is 2. The molecule has 0 bridgehead atoms. The molecule has 0 spiro atoms. The zero-order valence-corrected chi connectivity index (χ0v) is 9.95. The third kappa shape index (κ3) is 2.57. The molecule has 4 heteroatoms. The number of rotatable bonds is 3. The summed E-state index contributed by atoms with van der Waals surface area (Å²) < 4.78 is 0. The highest BCUT2D eigenvalue weighted by Crippen LogP contribution is 2.22. The molecule has 0 heterocycles. The molecule has 0 aliphatic rings. The van der Waals surface area contributed by atoms with Crippen LogP contribution in [0.15, 0.2) is 60.4 Å². The summed E-state index contributed by atoms with van der Waals surface area (Å²) >= 11 is 0. The van der Waals surface area contributed by atoms with Crippen LogP contribution in [0.2, 0.25) is 0 Å². The van der Waals surface area contributed by atoms with Crippen molar-refractivity contribution in [2.45, 2.75) is 0 Å². The van der Waals surface area contributed by atoms with Gasteiger partial charge >= 0.3 is 0 Å². The Morgan fingerprint density at radius 2 is 1.42 bits per heavy atom. The van der Waals surface area contributed by atoms with Crippen LogP contribution in [0.1, 0.15) is 15.9 Å². The number of hydrogen-bond acceptors (Lipinski definition) is 4. The average molecular weight is 256 g/mol. The van der Waals surface area contributed by atoms with Gasteiger partial charge in [0.25, 0.3) is 0 Å². The first-order chi connectivity index (χ1) is 9.11. The number of ketones is 1. The van der Waals surface area contributed by atoms with Gasteiger partial charge in [-0.2, -0.15) is 0 Å². The van der Waals surface area contributed by atoms with Gasteiger partial charge in [0.05, 0.1) is 5.56 Å². The van der Waals surface area contributed by atoms with Gasteiger partial charge in [-0.3, -0.25) is 4.79 Å². The van der Waals surface area contributed by atoms with E-state index in [4.69, 9.17) is 0 Å². The SMILES string of the molecule is O=C(/C(O)=C(\O)c1ccccc1)c1ccccc1O. The predicted molar refractivity (Wildman–Crippen MR) is 71.1 cm³/mol. The number of phenols is 1. The third-order valence-corrected chi connectivity index (χ3v) is 2.64. The van der Waals surface area contributed by atoms with Crippen molar-refractivity contribution in [3.8, 4) is 5.75 Å². The largest absolute Gasteiger partial charge is 0.507 e. The lowest BCUT2D eigenvalue weighted by atomic mass is 10.1. The molecule has 2 rings (SSSR count). The number of benzene rings is 2. The predicted octanol–water partition coefficient (Wildman–Crippen LogP) is 3.06. The van der Waals surface area contributed by atoms with E-state index >= 15 is 0 Å². The van der Waals surface area contributed by atoms with Crippen LogP contribution in [0.4, 0.5) is 0 Å². The second kappa shape index (κ2) is 5.27. The summed E-state index contributed by atoms with van der Waals surface area (Å²) in [6.07, 6.45) is 0. The van der Waals surface area contributed by atoms with Crippen LogP contribution in [0.25, 0.3) is 5.76 Å². The normalized spacial score (nSPS) is 11.8. The van der Waals surface area contributed by atoms with Gasteiger partial charge in [0.15, 0.2) is 5.76 Å². The van der Waals surface area contributed by atoms with Crippen LogP contribution in [0.5, 0.6) is 5.75 Å². The van der Waals surface area contributed by atoms with Crippen molar-refractivity contribution in [3.63, 3.8) is 0 Å². The molecule has 0 fully saturated rings. The van der Waals surface area contributed by atoms with E-state index in [0.717, 1.165) is 0 Å². The molecule has 0 unspecified atom stereocenters. The van der Waals surface area contributed by atoms with Crippen LogP contribution in [0, 0.1) is 0 Å². The first kappa shape index (κ1) is 12.7. The molecular formula is C15H12O4. The first-order valence-corrected chi connectivity index (χ1v) is 5.61. The van der Waals surface area contributed by atoms with Crippen LogP contribution in [-0.4, -0.2) is 21.1 Å². The van der Waals surface area contributed by atoms with Crippen molar-refractivity contribution in [2.75, 3.05) is 0 Å². The summed E-state index contributed by atoms with van der Waals surface area (Å²) in [5, 5.41) is 29.2. The molecule has 0 radical (unpaired) electrons. The minimum Gasteiger partial charge on any atom is -0.507 e. The van der Waals surface area contributed by atoms with Crippen molar-refractivity contribution in [1.82, 2.24) is 0 Å². The van der Waals surface area contributed by atoms with Gasteiger partial charge in [-0.15, -0.1) is 0 Å². The van der Waals surface area contributed by atoms with E-state index in [2.05, 4.69) is 0 Å². The smallest absolute Gasteiger partial charge is 0.234 e. The quantitative estimate of drug-likeness (QED) is 0.448. The van der Waals surface area contributed by atoms with Gasteiger partial charge < -0.3 is 15.3 Å². The van der Waals surface area contributed by atoms with Crippen molar-refractivity contribution < 1.29 is 20.1 Å². The Balaban J connectivity index is 2.42. The number of aliphatic hydroxyl groups excluding tert-OH is 2. The van der Waals surface area contributed by atoms with Crippen LogP contribution < -0.4 is 0 Å². The van der Waals surface area contributed by atoms with Crippen molar-refractivity contribution in [3.05, 3.63) is 71.5 Å². The summed E-state index contributed by atoms with van der Waals surface area (Å²) in [7, 11) is 0. The van der Waals surface area contributed by atoms with E-state index in [1.165, 1.54) is 12.1 Å². The number of phenolic OH excluding ortho intramolecular Hbond substituents is 1. The standard InChI is InChI=1S/C15H12O4/c16-12-9-5-4-8-11(12)14(18)15(19)13(17)10-6-2-1-3-7-10/h1-9,16-17,19H/b15-13+. The molecule has 0 saturated carbocycles. The summed E-state index contributed by atoms with van der Waals surface area (Å²) in [5.41, 5.74) is 0.256. The number of hydrogen-bond donors (Lipinski definition) is 3. The topological polar surface area (TPSA) is 77.8 Å². The van der Waals surface area contributed by atoms with E-state index in [1.54, 1.807) is 42.5 Å². The molecule has 0 aliphatic heterocycles. The monoisotopic (exact) mass is 256 g/mol. The Kier molecular flexibility index (Phi) is 3.52. The van der Waals surface area contributed by atoms with E-state index in [1.807, 2.05) is 0 Å². The van der Waals surface area contributed by atoms with Crippen LogP contribution in [0.3, 0.4) is 0 Å². The van der Waals surface area contributed by atoms with Gasteiger partial charge in [-0.05, 0) is 12.1 Å². The Morgan fingerprint density at radius 1 is 0.842 bits per heavy atom. The summed E-state index contributed by atoms with van der Waals surface area (Å²) in [5.74, 6) is -2.40.